The first kappa shape index (κ1) is 19.5. The number of aromatic nitrogens is 2. The van der Waals surface area contributed by atoms with Gasteiger partial charge in [-0.2, -0.15) is 0 Å². The lowest BCUT2D eigenvalue weighted by molar-refractivity contribution is -0.115. The molecule has 5 rings (SSSR count). The molecule has 1 fully saturated rings. The molecule has 2 aromatic carbocycles. The van der Waals surface area contributed by atoms with Crippen LogP contribution in [0, 0.1) is 6.92 Å². The molecule has 0 radical (unpaired) electrons. The number of rotatable bonds is 5. The van der Waals surface area contributed by atoms with Crippen molar-refractivity contribution in [1.29, 1.82) is 0 Å². The van der Waals surface area contributed by atoms with E-state index in [1.807, 2.05) is 24.3 Å². The minimum absolute atomic E-state index is 0.0493. The van der Waals surface area contributed by atoms with Crippen LogP contribution in [-0.4, -0.2) is 28.7 Å². The number of fused-ring (bicyclic) bond motifs is 1. The van der Waals surface area contributed by atoms with E-state index in [0.29, 0.717) is 12.3 Å². The molecule has 1 amide bonds. The molecule has 5 nitrogen and oxygen atoms in total. The van der Waals surface area contributed by atoms with Crippen molar-refractivity contribution in [2.75, 3.05) is 18.5 Å². The highest BCUT2D eigenvalue weighted by atomic mass is 16.5. The molecule has 5 heteroatoms. The maximum atomic E-state index is 12.3. The number of benzene rings is 2. The summed E-state index contributed by atoms with van der Waals surface area (Å²) in [6.45, 7) is 3.78. The molecular weight excluding hydrogens is 386 g/mol. The molecule has 4 aromatic rings. The lowest BCUT2D eigenvalue weighted by Gasteiger charge is -2.12. The topological polar surface area (TPSA) is 56.1 Å². The summed E-state index contributed by atoms with van der Waals surface area (Å²) in [5.74, 6) is 0.420. The average molecular weight is 412 g/mol. The Morgan fingerprint density at radius 1 is 1.16 bits per heavy atom. The van der Waals surface area contributed by atoms with Crippen molar-refractivity contribution < 1.29 is 9.53 Å². The second-order valence-electron chi connectivity index (χ2n) is 8.09. The minimum Gasteiger partial charge on any atom is -0.381 e. The molecule has 1 unspecified atom stereocenters. The van der Waals surface area contributed by atoms with Crippen LogP contribution in [0.4, 0.5) is 5.69 Å². The van der Waals surface area contributed by atoms with Crippen LogP contribution in [0.2, 0.25) is 0 Å². The summed E-state index contributed by atoms with van der Waals surface area (Å²) in [5.41, 5.74) is 6.53. The second-order valence-corrected chi connectivity index (χ2v) is 8.09. The molecule has 0 saturated carbocycles. The number of hydrogen-bond acceptors (Lipinski definition) is 3. The van der Waals surface area contributed by atoms with Gasteiger partial charge in [-0.05, 0) is 66.9 Å². The Morgan fingerprint density at radius 3 is 2.77 bits per heavy atom. The van der Waals surface area contributed by atoms with E-state index in [2.05, 4.69) is 58.2 Å². The highest BCUT2D eigenvalue weighted by molar-refractivity contribution is 5.92. The van der Waals surface area contributed by atoms with Crippen molar-refractivity contribution in [3.63, 3.8) is 0 Å². The Morgan fingerprint density at radius 2 is 2.03 bits per heavy atom. The summed E-state index contributed by atoms with van der Waals surface area (Å²) in [4.78, 5) is 16.4. The van der Waals surface area contributed by atoms with Crippen molar-refractivity contribution in [2.24, 2.45) is 0 Å². The molecule has 31 heavy (non-hydrogen) atoms. The van der Waals surface area contributed by atoms with Crippen LogP contribution in [0.5, 0.6) is 0 Å². The second kappa shape index (κ2) is 8.36. The van der Waals surface area contributed by atoms with Gasteiger partial charge >= 0.3 is 0 Å². The van der Waals surface area contributed by atoms with E-state index >= 15 is 0 Å². The summed E-state index contributed by atoms with van der Waals surface area (Å²) in [7, 11) is 0. The maximum absolute atomic E-state index is 12.3. The average Bonchev–Trinajstić information content (AvgIpc) is 3.42. The number of hydrogen-bond donors (Lipinski definition) is 1. The van der Waals surface area contributed by atoms with Crippen LogP contribution < -0.4 is 5.32 Å². The van der Waals surface area contributed by atoms with Gasteiger partial charge in [-0.1, -0.05) is 18.2 Å². The quantitative estimate of drug-likeness (QED) is 0.502. The Balaban J connectivity index is 1.39. The summed E-state index contributed by atoms with van der Waals surface area (Å²) in [6.07, 6.45) is 4.81. The van der Waals surface area contributed by atoms with Gasteiger partial charge in [-0.25, -0.2) is 0 Å². The number of carbonyl (C=O) groups excluding carboxylic acids is 1. The molecule has 1 saturated heterocycles. The van der Waals surface area contributed by atoms with E-state index in [1.54, 1.807) is 12.4 Å². The SMILES string of the molecule is Cc1cc2c(C3CCOC3)cccc2n1-c1ccc(NC(=O)Cc2cccnc2)cc1. The molecule has 0 spiro atoms. The molecule has 1 aliphatic heterocycles. The Labute approximate surface area is 181 Å². The van der Waals surface area contributed by atoms with Crippen LogP contribution in [-0.2, 0) is 16.0 Å². The molecule has 1 aliphatic rings. The first-order chi connectivity index (χ1) is 15.2. The van der Waals surface area contributed by atoms with Crippen molar-refractivity contribution in [3.8, 4) is 5.69 Å². The van der Waals surface area contributed by atoms with E-state index in [9.17, 15) is 4.79 Å². The van der Waals surface area contributed by atoms with Gasteiger partial charge in [0.15, 0.2) is 0 Å². The van der Waals surface area contributed by atoms with Crippen molar-refractivity contribution in [3.05, 3.63) is 89.9 Å². The number of anilines is 1. The predicted molar refractivity (Wildman–Crippen MR) is 123 cm³/mol. The molecule has 156 valence electrons. The number of carbonyl (C=O) groups is 1. The van der Waals surface area contributed by atoms with Gasteiger partial charge in [0, 0.05) is 47.4 Å². The van der Waals surface area contributed by atoms with Gasteiger partial charge in [0.05, 0.1) is 18.5 Å². The van der Waals surface area contributed by atoms with Crippen LogP contribution in [0.15, 0.2) is 73.1 Å². The van der Waals surface area contributed by atoms with Gasteiger partial charge in [-0.15, -0.1) is 0 Å². The zero-order valence-corrected chi connectivity index (χ0v) is 17.5. The predicted octanol–water partition coefficient (Wildman–Crippen LogP) is 5.02. The molecule has 3 heterocycles. The van der Waals surface area contributed by atoms with Crippen LogP contribution in [0.25, 0.3) is 16.6 Å². The molecule has 0 bridgehead atoms. The molecule has 2 aromatic heterocycles. The van der Waals surface area contributed by atoms with Crippen LogP contribution >= 0.6 is 0 Å². The Kier molecular flexibility index (Phi) is 5.26. The monoisotopic (exact) mass is 411 g/mol. The summed E-state index contributed by atoms with van der Waals surface area (Å²) < 4.78 is 7.89. The maximum Gasteiger partial charge on any atom is 0.228 e. The van der Waals surface area contributed by atoms with E-state index in [0.717, 1.165) is 36.6 Å². The molecular formula is C26H25N3O2. The summed E-state index contributed by atoms with van der Waals surface area (Å²) >= 11 is 0. The van der Waals surface area contributed by atoms with E-state index < -0.39 is 0 Å². The van der Waals surface area contributed by atoms with E-state index in [-0.39, 0.29) is 5.91 Å². The molecule has 1 N–H and O–H groups in total. The largest absolute Gasteiger partial charge is 0.381 e. The van der Waals surface area contributed by atoms with Gasteiger partial charge in [-0.3, -0.25) is 9.78 Å². The summed E-state index contributed by atoms with van der Waals surface area (Å²) in [5, 5.41) is 4.27. The third kappa shape index (κ3) is 3.97. The smallest absolute Gasteiger partial charge is 0.228 e. The number of aryl methyl sites for hydroxylation is 1. The summed E-state index contributed by atoms with van der Waals surface area (Å²) in [6, 6.07) is 20.6. The Hall–Kier alpha value is -3.44. The van der Waals surface area contributed by atoms with Crippen molar-refractivity contribution in [2.45, 2.75) is 25.7 Å². The lowest BCUT2D eigenvalue weighted by atomic mass is 9.95. The van der Waals surface area contributed by atoms with E-state index in [4.69, 9.17) is 4.74 Å². The van der Waals surface area contributed by atoms with Crippen LogP contribution in [0.3, 0.4) is 0 Å². The lowest BCUT2D eigenvalue weighted by Crippen LogP contribution is -2.14. The van der Waals surface area contributed by atoms with Crippen molar-refractivity contribution >= 4 is 22.5 Å². The molecule has 0 aliphatic carbocycles. The van der Waals surface area contributed by atoms with Crippen molar-refractivity contribution in [1.82, 2.24) is 9.55 Å². The van der Waals surface area contributed by atoms with E-state index in [1.165, 1.54) is 22.2 Å². The third-order valence-electron chi connectivity index (χ3n) is 5.93. The number of nitrogens with zero attached hydrogens (tertiary/aromatic N) is 2. The van der Waals surface area contributed by atoms with Gasteiger partial charge in [0.25, 0.3) is 0 Å². The fourth-order valence-electron chi connectivity index (χ4n) is 4.45. The van der Waals surface area contributed by atoms with Gasteiger partial charge in [0.2, 0.25) is 5.91 Å². The third-order valence-corrected chi connectivity index (χ3v) is 5.93. The number of ether oxygens (including phenoxy) is 1. The minimum atomic E-state index is -0.0493. The highest BCUT2D eigenvalue weighted by Gasteiger charge is 2.21. The standard InChI is InChI=1S/C26H25N3O2/c1-18-14-24-23(20-11-13-31-17-20)5-2-6-25(24)29(18)22-9-7-21(8-10-22)28-26(30)15-19-4-3-12-27-16-19/h2-10,12,14,16,20H,11,13,15,17H2,1H3,(H,28,30). The first-order valence-electron chi connectivity index (χ1n) is 10.7. The number of pyridine rings is 1. The Bertz CT molecular complexity index is 1210. The van der Waals surface area contributed by atoms with Crippen LogP contribution in [0.1, 0.15) is 29.2 Å². The normalized spacial score (nSPS) is 16.0. The zero-order chi connectivity index (χ0) is 21.2. The van der Waals surface area contributed by atoms with Gasteiger partial charge < -0.3 is 14.6 Å². The number of nitrogens with one attached hydrogen (secondary N) is 1. The number of amides is 1. The highest BCUT2D eigenvalue weighted by Crippen LogP contribution is 2.34. The fourth-order valence-corrected chi connectivity index (χ4v) is 4.45. The fraction of sp³-hybridized carbons (Fsp3) is 0.231. The first-order valence-corrected chi connectivity index (χ1v) is 10.7. The molecule has 1 atom stereocenters. The van der Waals surface area contributed by atoms with Gasteiger partial charge in [0.1, 0.15) is 0 Å². The zero-order valence-electron chi connectivity index (χ0n) is 17.5.